The summed E-state index contributed by atoms with van der Waals surface area (Å²) in [5.74, 6) is 2.35. The molecule has 2 unspecified atom stereocenters. The number of nitrogens with one attached hydrogen (secondary N) is 1. The second-order valence-corrected chi connectivity index (χ2v) is 4.97. The van der Waals surface area contributed by atoms with E-state index in [0.717, 1.165) is 31.4 Å². The van der Waals surface area contributed by atoms with Gasteiger partial charge in [-0.1, -0.05) is 0 Å². The molecule has 2 aliphatic rings. The highest BCUT2D eigenvalue weighted by atomic mass is 16.5. The molecule has 2 atom stereocenters. The minimum Gasteiger partial charge on any atom is -0.477 e. The van der Waals surface area contributed by atoms with Gasteiger partial charge in [-0.2, -0.15) is 4.98 Å². The van der Waals surface area contributed by atoms with E-state index in [2.05, 4.69) is 20.2 Å². The maximum absolute atomic E-state index is 5.43. The molecule has 0 radical (unpaired) electrons. The number of hydrogen-bond acceptors (Lipinski definition) is 5. The van der Waals surface area contributed by atoms with Gasteiger partial charge in [0.15, 0.2) is 5.82 Å². The van der Waals surface area contributed by atoms with E-state index >= 15 is 0 Å². The maximum atomic E-state index is 5.43. The molecule has 0 aromatic carbocycles. The van der Waals surface area contributed by atoms with Gasteiger partial charge in [0.1, 0.15) is 0 Å². The van der Waals surface area contributed by atoms with E-state index in [9.17, 15) is 0 Å². The summed E-state index contributed by atoms with van der Waals surface area (Å²) in [5.41, 5.74) is 0. The fraction of sp³-hybridized carbons (Fsp3) is 0.692. The predicted octanol–water partition coefficient (Wildman–Crippen LogP) is 1.06. The summed E-state index contributed by atoms with van der Waals surface area (Å²) in [6, 6.07) is 0.574. The van der Waals surface area contributed by atoms with Gasteiger partial charge in [0, 0.05) is 25.7 Å². The van der Waals surface area contributed by atoms with Crippen LogP contribution >= 0.6 is 0 Å². The van der Waals surface area contributed by atoms with Crippen LogP contribution in [-0.4, -0.2) is 42.3 Å². The molecule has 18 heavy (non-hydrogen) atoms. The minimum absolute atomic E-state index is 0.574. The van der Waals surface area contributed by atoms with Crippen molar-refractivity contribution in [3.05, 3.63) is 12.4 Å². The lowest BCUT2D eigenvalue weighted by molar-refractivity contribution is 0.323. The molecule has 0 bridgehead atoms. The molecule has 2 aliphatic heterocycles. The molecule has 98 valence electrons. The standard InChI is InChI=1S/C13H20N4O/c1-2-18-13-9-15-8-12(16-13)17-5-3-4-10-6-14-7-11(10)17/h8-11,14H,2-7H2,1H3. The molecule has 0 amide bonds. The second-order valence-electron chi connectivity index (χ2n) is 4.97. The zero-order valence-corrected chi connectivity index (χ0v) is 10.8. The highest BCUT2D eigenvalue weighted by Gasteiger charge is 2.35. The molecule has 2 saturated heterocycles. The van der Waals surface area contributed by atoms with Gasteiger partial charge in [0.25, 0.3) is 0 Å². The van der Waals surface area contributed by atoms with Crippen molar-refractivity contribution in [1.82, 2.24) is 15.3 Å². The van der Waals surface area contributed by atoms with E-state index in [1.165, 1.54) is 12.8 Å². The Morgan fingerprint density at radius 3 is 3.28 bits per heavy atom. The first-order chi connectivity index (χ1) is 8.88. The van der Waals surface area contributed by atoms with Crippen LogP contribution in [0.1, 0.15) is 19.8 Å². The van der Waals surface area contributed by atoms with Crippen molar-refractivity contribution >= 4 is 5.82 Å². The largest absolute Gasteiger partial charge is 0.477 e. The molecular weight excluding hydrogens is 228 g/mol. The molecular formula is C13H20N4O. The molecule has 1 aromatic heterocycles. The van der Waals surface area contributed by atoms with Crippen LogP contribution in [-0.2, 0) is 0 Å². The van der Waals surface area contributed by atoms with E-state index in [1.54, 1.807) is 6.20 Å². The number of piperidine rings is 1. The van der Waals surface area contributed by atoms with Gasteiger partial charge in [0.2, 0.25) is 5.88 Å². The fourth-order valence-corrected chi connectivity index (χ4v) is 3.05. The number of rotatable bonds is 3. The van der Waals surface area contributed by atoms with Crippen LogP contribution in [0.5, 0.6) is 5.88 Å². The summed E-state index contributed by atoms with van der Waals surface area (Å²) in [5, 5.41) is 3.48. The molecule has 0 saturated carbocycles. The zero-order chi connectivity index (χ0) is 12.4. The number of anilines is 1. The number of hydrogen-bond donors (Lipinski definition) is 1. The molecule has 2 fully saturated rings. The monoisotopic (exact) mass is 248 g/mol. The van der Waals surface area contributed by atoms with Crippen LogP contribution < -0.4 is 15.0 Å². The lowest BCUT2D eigenvalue weighted by Gasteiger charge is -2.37. The first-order valence-corrected chi connectivity index (χ1v) is 6.80. The van der Waals surface area contributed by atoms with E-state index in [1.807, 2.05) is 13.1 Å². The molecule has 1 aromatic rings. The maximum Gasteiger partial charge on any atom is 0.234 e. The quantitative estimate of drug-likeness (QED) is 0.867. The molecule has 5 heteroatoms. The van der Waals surface area contributed by atoms with Crippen molar-refractivity contribution in [2.45, 2.75) is 25.8 Å². The zero-order valence-electron chi connectivity index (χ0n) is 10.8. The van der Waals surface area contributed by atoms with Crippen LogP contribution in [0.4, 0.5) is 5.82 Å². The average Bonchev–Trinajstić information content (AvgIpc) is 2.87. The van der Waals surface area contributed by atoms with Gasteiger partial charge in [-0.05, 0) is 25.7 Å². The predicted molar refractivity (Wildman–Crippen MR) is 69.9 cm³/mol. The Labute approximate surface area is 108 Å². The summed E-state index contributed by atoms with van der Waals surface area (Å²) >= 11 is 0. The average molecular weight is 248 g/mol. The molecule has 1 N–H and O–H groups in total. The van der Waals surface area contributed by atoms with Crippen LogP contribution in [0.2, 0.25) is 0 Å². The second kappa shape index (κ2) is 5.10. The first-order valence-electron chi connectivity index (χ1n) is 6.80. The lowest BCUT2D eigenvalue weighted by Crippen LogP contribution is -2.45. The van der Waals surface area contributed by atoms with Crippen molar-refractivity contribution in [2.75, 3.05) is 31.1 Å². The van der Waals surface area contributed by atoms with Gasteiger partial charge in [-0.3, -0.25) is 4.98 Å². The highest BCUT2D eigenvalue weighted by molar-refractivity contribution is 5.40. The summed E-state index contributed by atoms with van der Waals surface area (Å²) in [4.78, 5) is 11.2. The Balaban J connectivity index is 1.82. The van der Waals surface area contributed by atoms with Gasteiger partial charge in [0.05, 0.1) is 19.0 Å². The van der Waals surface area contributed by atoms with Crippen molar-refractivity contribution in [2.24, 2.45) is 5.92 Å². The summed E-state index contributed by atoms with van der Waals surface area (Å²) in [6.07, 6.45) is 6.10. The lowest BCUT2D eigenvalue weighted by atomic mass is 9.92. The van der Waals surface area contributed by atoms with Crippen LogP contribution in [0.25, 0.3) is 0 Å². The van der Waals surface area contributed by atoms with E-state index in [4.69, 9.17) is 4.74 Å². The van der Waals surface area contributed by atoms with E-state index < -0.39 is 0 Å². The highest BCUT2D eigenvalue weighted by Crippen LogP contribution is 2.30. The Morgan fingerprint density at radius 2 is 2.39 bits per heavy atom. The Bertz CT molecular complexity index is 412. The Hall–Kier alpha value is -1.36. The summed E-state index contributed by atoms with van der Waals surface area (Å²) in [7, 11) is 0. The summed E-state index contributed by atoms with van der Waals surface area (Å²) in [6.45, 7) is 5.87. The third-order valence-corrected chi connectivity index (χ3v) is 3.86. The van der Waals surface area contributed by atoms with Crippen LogP contribution in [0, 0.1) is 5.92 Å². The van der Waals surface area contributed by atoms with Crippen molar-refractivity contribution in [1.29, 1.82) is 0 Å². The normalized spacial score (nSPS) is 27.1. The van der Waals surface area contributed by atoms with Gasteiger partial charge in [-0.15, -0.1) is 0 Å². The first kappa shape index (κ1) is 11.7. The van der Waals surface area contributed by atoms with Gasteiger partial charge < -0.3 is 15.0 Å². The molecule has 3 heterocycles. The van der Waals surface area contributed by atoms with E-state index in [0.29, 0.717) is 18.5 Å². The smallest absolute Gasteiger partial charge is 0.234 e. The number of ether oxygens (including phenoxy) is 1. The third kappa shape index (κ3) is 2.14. The third-order valence-electron chi connectivity index (χ3n) is 3.86. The Kier molecular flexibility index (Phi) is 3.32. The van der Waals surface area contributed by atoms with Gasteiger partial charge >= 0.3 is 0 Å². The minimum atomic E-state index is 0.574. The molecule has 3 rings (SSSR count). The van der Waals surface area contributed by atoms with E-state index in [-0.39, 0.29) is 0 Å². The molecule has 5 nitrogen and oxygen atoms in total. The van der Waals surface area contributed by atoms with Crippen LogP contribution in [0.15, 0.2) is 12.4 Å². The number of aromatic nitrogens is 2. The molecule has 0 spiro atoms. The van der Waals surface area contributed by atoms with Crippen molar-refractivity contribution in [3.63, 3.8) is 0 Å². The van der Waals surface area contributed by atoms with Crippen LogP contribution in [0.3, 0.4) is 0 Å². The van der Waals surface area contributed by atoms with Gasteiger partial charge in [-0.25, -0.2) is 0 Å². The summed E-state index contributed by atoms with van der Waals surface area (Å²) < 4.78 is 5.43. The topological polar surface area (TPSA) is 50.3 Å². The Morgan fingerprint density at radius 1 is 1.44 bits per heavy atom. The molecule has 0 aliphatic carbocycles. The number of nitrogens with zero attached hydrogens (tertiary/aromatic N) is 3. The SMILES string of the molecule is CCOc1cncc(N2CCCC3CNCC32)n1. The van der Waals surface area contributed by atoms with Crippen molar-refractivity contribution < 1.29 is 4.74 Å². The van der Waals surface area contributed by atoms with Crippen molar-refractivity contribution in [3.8, 4) is 5.88 Å². The fourth-order valence-electron chi connectivity index (χ4n) is 3.05. The number of fused-ring (bicyclic) bond motifs is 1.